The van der Waals surface area contributed by atoms with Gasteiger partial charge in [0, 0.05) is 30.4 Å². The van der Waals surface area contributed by atoms with Crippen molar-refractivity contribution in [3.8, 4) is 5.82 Å². The Morgan fingerprint density at radius 2 is 2.17 bits per heavy atom. The number of nitrogens with zero attached hydrogens (tertiary/aromatic N) is 3. The molecule has 1 N–H and O–H groups in total. The molecule has 0 spiro atoms. The molecule has 0 aliphatic carbocycles. The number of aryl methyl sites for hydroxylation is 1. The summed E-state index contributed by atoms with van der Waals surface area (Å²) in [6.45, 7) is 1.99. The second kappa shape index (κ2) is 6.91. The van der Waals surface area contributed by atoms with Gasteiger partial charge in [-0.15, -0.1) is 0 Å². The number of rotatable bonds is 5. The van der Waals surface area contributed by atoms with Gasteiger partial charge in [-0.1, -0.05) is 6.92 Å². The zero-order valence-corrected chi connectivity index (χ0v) is 13.1. The number of imidazole rings is 1. The first-order valence-electron chi connectivity index (χ1n) is 7.49. The monoisotopic (exact) mass is 324 g/mol. The van der Waals surface area contributed by atoms with E-state index in [9.17, 15) is 9.59 Å². The summed E-state index contributed by atoms with van der Waals surface area (Å²) >= 11 is 0. The van der Waals surface area contributed by atoms with E-state index in [4.69, 9.17) is 4.74 Å². The predicted octanol–water partition coefficient (Wildman–Crippen LogP) is 1.87. The molecule has 0 aromatic carbocycles. The summed E-state index contributed by atoms with van der Waals surface area (Å²) in [5, 5.41) is 0. The molecule has 0 unspecified atom stereocenters. The largest absolute Gasteiger partial charge is 0.457 e. The standard InChI is InChI=1S/C17H16N4O3/c1-2-14-8-13(9-16(22)20-14)17(23)24-10-12-3-4-19-15(7-12)21-6-5-18-11-21/h3-9,11H,2,10H2,1H3,(H,20,22). The van der Waals surface area contributed by atoms with Crippen LogP contribution in [-0.4, -0.2) is 25.5 Å². The molecule has 3 heterocycles. The van der Waals surface area contributed by atoms with E-state index in [0.29, 0.717) is 17.9 Å². The third kappa shape index (κ3) is 3.57. The second-order valence-electron chi connectivity index (χ2n) is 5.18. The number of hydrogen-bond acceptors (Lipinski definition) is 5. The molecule has 0 radical (unpaired) electrons. The molecule has 0 fully saturated rings. The summed E-state index contributed by atoms with van der Waals surface area (Å²) in [5.74, 6) is 0.155. The van der Waals surface area contributed by atoms with Gasteiger partial charge in [-0.05, 0) is 30.2 Å². The fraction of sp³-hybridized carbons (Fsp3) is 0.176. The Bertz CT molecular complexity index is 900. The van der Waals surface area contributed by atoms with Crippen LogP contribution in [0.25, 0.3) is 5.82 Å². The number of ether oxygens (including phenoxy) is 1. The van der Waals surface area contributed by atoms with Crippen LogP contribution in [0, 0.1) is 0 Å². The zero-order chi connectivity index (χ0) is 16.9. The maximum Gasteiger partial charge on any atom is 0.338 e. The van der Waals surface area contributed by atoms with Gasteiger partial charge >= 0.3 is 5.97 Å². The normalized spacial score (nSPS) is 10.5. The van der Waals surface area contributed by atoms with Crippen molar-refractivity contribution in [2.75, 3.05) is 0 Å². The lowest BCUT2D eigenvalue weighted by molar-refractivity contribution is 0.0472. The van der Waals surface area contributed by atoms with E-state index in [1.54, 1.807) is 41.6 Å². The van der Waals surface area contributed by atoms with Crippen molar-refractivity contribution in [1.29, 1.82) is 0 Å². The molecule has 7 heteroatoms. The number of H-pyrrole nitrogens is 1. The lowest BCUT2D eigenvalue weighted by Crippen LogP contribution is -2.14. The van der Waals surface area contributed by atoms with Crippen molar-refractivity contribution < 1.29 is 9.53 Å². The molecule has 3 aromatic rings. The number of nitrogens with one attached hydrogen (secondary N) is 1. The fourth-order valence-electron chi connectivity index (χ4n) is 2.23. The van der Waals surface area contributed by atoms with Gasteiger partial charge in [0.25, 0.3) is 0 Å². The second-order valence-corrected chi connectivity index (χ2v) is 5.18. The van der Waals surface area contributed by atoms with E-state index in [2.05, 4.69) is 15.0 Å². The predicted molar refractivity (Wildman–Crippen MR) is 86.9 cm³/mol. The van der Waals surface area contributed by atoms with Gasteiger partial charge in [-0.3, -0.25) is 9.36 Å². The Hall–Kier alpha value is -3.22. The zero-order valence-electron chi connectivity index (χ0n) is 13.1. The topological polar surface area (TPSA) is 89.9 Å². The van der Waals surface area contributed by atoms with Gasteiger partial charge in [0.15, 0.2) is 0 Å². The highest BCUT2D eigenvalue weighted by atomic mass is 16.5. The Labute approximate surface area is 138 Å². The highest BCUT2D eigenvalue weighted by Gasteiger charge is 2.10. The average molecular weight is 324 g/mol. The summed E-state index contributed by atoms with van der Waals surface area (Å²) < 4.78 is 7.06. The van der Waals surface area contributed by atoms with Crippen LogP contribution in [0.1, 0.15) is 28.5 Å². The molecule has 0 saturated heterocycles. The van der Waals surface area contributed by atoms with Crippen LogP contribution in [-0.2, 0) is 17.8 Å². The highest BCUT2D eigenvalue weighted by Crippen LogP contribution is 2.10. The molecule has 3 aromatic heterocycles. The highest BCUT2D eigenvalue weighted by molar-refractivity contribution is 5.89. The average Bonchev–Trinajstić information content (AvgIpc) is 3.14. The molecule has 0 aliphatic rings. The van der Waals surface area contributed by atoms with E-state index in [0.717, 1.165) is 5.56 Å². The molecule has 0 atom stereocenters. The van der Waals surface area contributed by atoms with Crippen LogP contribution in [0.4, 0.5) is 0 Å². The van der Waals surface area contributed by atoms with Crippen LogP contribution in [0.2, 0.25) is 0 Å². The van der Waals surface area contributed by atoms with E-state index in [1.165, 1.54) is 6.07 Å². The lowest BCUT2D eigenvalue weighted by Gasteiger charge is -2.07. The number of carbonyl (C=O) groups excluding carboxylic acids is 1. The fourth-order valence-corrected chi connectivity index (χ4v) is 2.23. The van der Waals surface area contributed by atoms with E-state index < -0.39 is 5.97 Å². The third-order valence-electron chi connectivity index (χ3n) is 3.47. The van der Waals surface area contributed by atoms with Gasteiger partial charge in [-0.25, -0.2) is 14.8 Å². The molecule has 3 rings (SSSR count). The van der Waals surface area contributed by atoms with Crippen molar-refractivity contribution in [2.45, 2.75) is 20.0 Å². The minimum Gasteiger partial charge on any atom is -0.457 e. The Kier molecular flexibility index (Phi) is 4.51. The van der Waals surface area contributed by atoms with Gasteiger partial charge in [0.05, 0.1) is 5.56 Å². The molecule has 0 aliphatic heterocycles. The van der Waals surface area contributed by atoms with Gasteiger partial charge < -0.3 is 9.72 Å². The van der Waals surface area contributed by atoms with Crippen LogP contribution in [0.3, 0.4) is 0 Å². The maximum absolute atomic E-state index is 12.1. The quantitative estimate of drug-likeness (QED) is 0.724. The first-order valence-corrected chi connectivity index (χ1v) is 7.49. The summed E-state index contributed by atoms with van der Waals surface area (Å²) in [5.41, 5.74) is 1.43. The summed E-state index contributed by atoms with van der Waals surface area (Å²) in [7, 11) is 0. The molecule has 0 amide bonds. The first kappa shape index (κ1) is 15.7. The van der Waals surface area contributed by atoms with Crippen molar-refractivity contribution in [1.82, 2.24) is 19.5 Å². The third-order valence-corrected chi connectivity index (χ3v) is 3.47. The van der Waals surface area contributed by atoms with Gasteiger partial charge in [-0.2, -0.15) is 0 Å². The summed E-state index contributed by atoms with van der Waals surface area (Å²) in [6, 6.07) is 6.45. The van der Waals surface area contributed by atoms with Crippen LogP contribution in [0.15, 0.2) is 54.0 Å². The van der Waals surface area contributed by atoms with Crippen LogP contribution >= 0.6 is 0 Å². The van der Waals surface area contributed by atoms with Crippen molar-refractivity contribution in [2.24, 2.45) is 0 Å². The van der Waals surface area contributed by atoms with Crippen molar-refractivity contribution >= 4 is 5.97 Å². The molecule has 122 valence electrons. The van der Waals surface area contributed by atoms with Crippen molar-refractivity contribution in [3.63, 3.8) is 0 Å². The Balaban J connectivity index is 1.72. The smallest absolute Gasteiger partial charge is 0.338 e. The number of aromatic amines is 1. The summed E-state index contributed by atoms with van der Waals surface area (Å²) in [6.07, 6.45) is 7.35. The molecular formula is C17H16N4O3. The van der Waals surface area contributed by atoms with Crippen LogP contribution in [0.5, 0.6) is 0 Å². The molecule has 0 saturated carbocycles. The first-order chi connectivity index (χ1) is 11.7. The molecule has 24 heavy (non-hydrogen) atoms. The number of hydrogen-bond donors (Lipinski definition) is 1. The number of pyridine rings is 2. The number of esters is 1. The SMILES string of the molecule is CCc1cc(C(=O)OCc2ccnc(-n3ccnc3)c2)cc(=O)[nH]1. The van der Waals surface area contributed by atoms with Gasteiger partial charge in [0.1, 0.15) is 18.8 Å². The molecule has 7 nitrogen and oxygen atoms in total. The number of aromatic nitrogens is 4. The van der Waals surface area contributed by atoms with Gasteiger partial charge in [0.2, 0.25) is 5.56 Å². The Morgan fingerprint density at radius 1 is 1.29 bits per heavy atom. The van der Waals surface area contributed by atoms with E-state index >= 15 is 0 Å². The lowest BCUT2D eigenvalue weighted by atomic mass is 10.2. The van der Waals surface area contributed by atoms with Crippen molar-refractivity contribution in [3.05, 3.63) is 76.4 Å². The minimum atomic E-state index is -0.531. The summed E-state index contributed by atoms with van der Waals surface area (Å²) in [4.78, 5) is 34.6. The maximum atomic E-state index is 12.1. The minimum absolute atomic E-state index is 0.0946. The molecule has 0 bridgehead atoms. The number of carbonyl (C=O) groups is 1. The van der Waals surface area contributed by atoms with E-state index in [1.807, 2.05) is 13.0 Å². The van der Waals surface area contributed by atoms with E-state index in [-0.39, 0.29) is 17.7 Å². The Morgan fingerprint density at radius 3 is 2.92 bits per heavy atom. The molecular weight excluding hydrogens is 308 g/mol. The van der Waals surface area contributed by atoms with Crippen LogP contribution < -0.4 is 5.56 Å².